The van der Waals surface area contributed by atoms with Crippen LogP contribution in [0.2, 0.25) is 5.02 Å². The largest absolute Gasteiger partial charge is 0.481 e. The molecule has 0 spiro atoms. The van der Waals surface area contributed by atoms with Crippen LogP contribution in [-0.4, -0.2) is 41.9 Å². The van der Waals surface area contributed by atoms with E-state index in [-0.39, 0.29) is 23.9 Å². The molecule has 0 fully saturated rings. The third-order valence-corrected chi connectivity index (χ3v) is 2.96. The number of halogens is 1. The van der Waals surface area contributed by atoms with Crippen molar-refractivity contribution in [1.82, 2.24) is 10.2 Å². The van der Waals surface area contributed by atoms with Gasteiger partial charge in [-0.15, -0.1) is 0 Å². The SMILES string of the molecule is C[C@@H](Oc1cccc(Cl)c1)C(=O)N(C)CC(=O)NC(C)(C)C. The number of ether oxygens (including phenoxy) is 1. The molecule has 0 saturated heterocycles. The van der Waals surface area contributed by atoms with Gasteiger partial charge in [-0.1, -0.05) is 17.7 Å². The summed E-state index contributed by atoms with van der Waals surface area (Å²) in [6.07, 6.45) is -0.703. The predicted molar refractivity (Wildman–Crippen MR) is 87.1 cm³/mol. The fourth-order valence-corrected chi connectivity index (χ4v) is 2.04. The third kappa shape index (κ3) is 6.35. The maximum atomic E-state index is 12.2. The molecule has 0 heterocycles. The summed E-state index contributed by atoms with van der Waals surface area (Å²) in [6, 6.07) is 6.83. The number of hydrogen-bond acceptors (Lipinski definition) is 3. The lowest BCUT2D eigenvalue weighted by Crippen LogP contribution is -2.48. The highest BCUT2D eigenvalue weighted by molar-refractivity contribution is 6.30. The molecular weight excluding hydrogens is 304 g/mol. The molecule has 0 bridgehead atoms. The minimum atomic E-state index is -0.703. The van der Waals surface area contributed by atoms with Crippen LogP contribution in [0.5, 0.6) is 5.75 Å². The Labute approximate surface area is 136 Å². The van der Waals surface area contributed by atoms with Gasteiger partial charge in [-0.2, -0.15) is 0 Å². The lowest BCUT2D eigenvalue weighted by Gasteiger charge is -2.25. The van der Waals surface area contributed by atoms with Crippen LogP contribution in [0, 0.1) is 0 Å². The van der Waals surface area contributed by atoms with Gasteiger partial charge in [0, 0.05) is 17.6 Å². The smallest absolute Gasteiger partial charge is 0.263 e. The van der Waals surface area contributed by atoms with Gasteiger partial charge in [-0.05, 0) is 45.9 Å². The first-order valence-corrected chi connectivity index (χ1v) is 7.44. The third-order valence-electron chi connectivity index (χ3n) is 2.73. The van der Waals surface area contributed by atoms with Crippen molar-refractivity contribution >= 4 is 23.4 Å². The lowest BCUT2D eigenvalue weighted by atomic mass is 10.1. The molecule has 0 aliphatic heterocycles. The number of rotatable bonds is 5. The Hall–Kier alpha value is -1.75. The van der Waals surface area contributed by atoms with Gasteiger partial charge >= 0.3 is 0 Å². The molecule has 0 radical (unpaired) electrons. The van der Waals surface area contributed by atoms with Crippen molar-refractivity contribution in [2.24, 2.45) is 0 Å². The van der Waals surface area contributed by atoms with Gasteiger partial charge in [0.1, 0.15) is 5.75 Å². The number of nitrogens with zero attached hydrogens (tertiary/aromatic N) is 1. The second-order valence-corrected chi connectivity index (χ2v) is 6.65. The number of likely N-dealkylation sites (N-methyl/N-ethyl adjacent to an activating group) is 1. The first-order chi connectivity index (χ1) is 10.1. The second kappa shape index (κ2) is 7.49. The number of carbonyl (C=O) groups is 2. The molecule has 1 aromatic carbocycles. The van der Waals surface area contributed by atoms with E-state index in [2.05, 4.69) is 5.32 Å². The van der Waals surface area contributed by atoms with Gasteiger partial charge in [0.05, 0.1) is 6.54 Å². The summed E-state index contributed by atoms with van der Waals surface area (Å²) in [5, 5.41) is 3.35. The fraction of sp³-hybridized carbons (Fsp3) is 0.500. The van der Waals surface area contributed by atoms with E-state index in [0.29, 0.717) is 10.8 Å². The van der Waals surface area contributed by atoms with Crippen molar-refractivity contribution in [3.05, 3.63) is 29.3 Å². The van der Waals surface area contributed by atoms with Crippen LogP contribution < -0.4 is 10.1 Å². The van der Waals surface area contributed by atoms with Gasteiger partial charge in [-0.25, -0.2) is 0 Å². The normalized spacial score (nSPS) is 12.5. The Morgan fingerprint density at radius 1 is 1.36 bits per heavy atom. The fourth-order valence-electron chi connectivity index (χ4n) is 1.86. The van der Waals surface area contributed by atoms with E-state index in [4.69, 9.17) is 16.3 Å². The summed E-state index contributed by atoms with van der Waals surface area (Å²) in [5.41, 5.74) is -0.329. The maximum Gasteiger partial charge on any atom is 0.263 e. The van der Waals surface area contributed by atoms with Gasteiger partial charge < -0.3 is 15.0 Å². The molecule has 0 aliphatic carbocycles. The molecule has 0 unspecified atom stereocenters. The summed E-state index contributed by atoms with van der Waals surface area (Å²) in [7, 11) is 1.57. The molecule has 5 nitrogen and oxygen atoms in total. The standard InChI is InChI=1S/C16H23ClN2O3/c1-11(22-13-8-6-7-12(17)9-13)15(21)19(5)10-14(20)18-16(2,3)4/h6-9,11H,10H2,1-5H3,(H,18,20)/t11-/m1/s1. The quantitative estimate of drug-likeness (QED) is 0.904. The molecule has 22 heavy (non-hydrogen) atoms. The van der Waals surface area contributed by atoms with Gasteiger partial charge in [0.15, 0.2) is 6.10 Å². The van der Waals surface area contributed by atoms with Crippen LogP contribution in [-0.2, 0) is 9.59 Å². The van der Waals surface area contributed by atoms with Gasteiger partial charge in [0.2, 0.25) is 5.91 Å². The molecule has 6 heteroatoms. The van der Waals surface area contributed by atoms with E-state index in [1.165, 1.54) is 4.90 Å². The number of benzene rings is 1. The highest BCUT2D eigenvalue weighted by Gasteiger charge is 2.22. The van der Waals surface area contributed by atoms with Gasteiger partial charge in [0.25, 0.3) is 5.91 Å². The molecule has 0 aliphatic rings. The number of amides is 2. The first-order valence-electron chi connectivity index (χ1n) is 7.07. The van der Waals surface area contributed by atoms with E-state index in [0.717, 1.165) is 0 Å². The molecule has 0 aromatic heterocycles. The molecular formula is C16H23ClN2O3. The van der Waals surface area contributed by atoms with E-state index < -0.39 is 6.10 Å². The minimum Gasteiger partial charge on any atom is -0.481 e. The van der Waals surface area contributed by atoms with E-state index in [1.807, 2.05) is 20.8 Å². The van der Waals surface area contributed by atoms with Crippen molar-refractivity contribution in [3.8, 4) is 5.75 Å². The van der Waals surface area contributed by atoms with Crippen LogP contribution in [0.3, 0.4) is 0 Å². The average molecular weight is 327 g/mol. The van der Waals surface area contributed by atoms with Crippen molar-refractivity contribution in [1.29, 1.82) is 0 Å². The number of hydrogen-bond donors (Lipinski definition) is 1. The van der Waals surface area contributed by atoms with Crippen molar-refractivity contribution < 1.29 is 14.3 Å². The van der Waals surface area contributed by atoms with E-state index in [9.17, 15) is 9.59 Å². The Morgan fingerprint density at radius 3 is 2.55 bits per heavy atom. The van der Waals surface area contributed by atoms with Crippen LogP contribution in [0.1, 0.15) is 27.7 Å². The Kier molecular flexibility index (Phi) is 6.23. The zero-order valence-electron chi connectivity index (χ0n) is 13.6. The maximum absolute atomic E-state index is 12.2. The van der Waals surface area contributed by atoms with Crippen LogP contribution in [0.25, 0.3) is 0 Å². The monoisotopic (exact) mass is 326 g/mol. The van der Waals surface area contributed by atoms with Crippen LogP contribution in [0.4, 0.5) is 0 Å². The van der Waals surface area contributed by atoms with Crippen molar-refractivity contribution in [2.75, 3.05) is 13.6 Å². The summed E-state index contributed by atoms with van der Waals surface area (Å²) in [6.45, 7) is 7.29. The first kappa shape index (κ1) is 18.3. The molecule has 0 saturated carbocycles. The Bertz CT molecular complexity index is 540. The highest BCUT2D eigenvalue weighted by atomic mass is 35.5. The molecule has 1 aromatic rings. The molecule has 1 atom stereocenters. The molecule has 2 amide bonds. The highest BCUT2D eigenvalue weighted by Crippen LogP contribution is 2.18. The van der Waals surface area contributed by atoms with Crippen molar-refractivity contribution in [2.45, 2.75) is 39.3 Å². The van der Waals surface area contributed by atoms with E-state index >= 15 is 0 Å². The summed E-state index contributed by atoms with van der Waals surface area (Å²) in [5.74, 6) is 0.0308. The topological polar surface area (TPSA) is 58.6 Å². The average Bonchev–Trinajstić information content (AvgIpc) is 2.35. The van der Waals surface area contributed by atoms with Gasteiger partial charge in [-0.3, -0.25) is 9.59 Å². The summed E-state index contributed by atoms with van der Waals surface area (Å²) >= 11 is 5.87. The molecule has 1 N–H and O–H groups in total. The Morgan fingerprint density at radius 2 is 2.00 bits per heavy atom. The number of carbonyl (C=O) groups excluding carboxylic acids is 2. The summed E-state index contributed by atoms with van der Waals surface area (Å²) < 4.78 is 5.55. The minimum absolute atomic E-state index is 0.0145. The van der Waals surface area contributed by atoms with Crippen LogP contribution >= 0.6 is 11.6 Å². The lowest BCUT2D eigenvalue weighted by molar-refractivity contribution is -0.140. The predicted octanol–water partition coefficient (Wildman–Crippen LogP) is 2.48. The molecule has 122 valence electrons. The van der Waals surface area contributed by atoms with Crippen LogP contribution in [0.15, 0.2) is 24.3 Å². The molecule has 1 rings (SSSR count). The zero-order valence-corrected chi connectivity index (χ0v) is 14.4. The second-order valence-electron chi connectivity index (χ2n) is 6.21. The van der Waals surface area contributed by atoms with E-state index in [1.54, 1.807) is 38.2 Å². The summed E-state index contributed by atoms with van der Waals surface area (Å²) in [4.78, 5) is 25.4. The zero-order chi connectivity index (χ0) is 16.9. The Balaban J connectivity index is 2.57. The van der Waals surface area contributed by atoms with Crippen molar-refractivity contribution in [3.63, 3.8) is 0 Å². The number of nitrogens with one attached hydrogen (secondary N) is 1.